The molecule has 6 heteroatoms. The zero-order chi connectivity index (χ0) is 14.1. The fourth-order valence-corrected chi connectivity index (χ4v) is 2.47. The van der Waals surface area contributed by atoms with Crippen LogP contribution in [0.25, 0.3) is 0 Å². The fourth-order valence-electron chi connectivity index (χ4n) is 2.47. The van der Waals surface area contributed by atoms with Crippen molar-refractivity contribution in [1.29, 1.82) is 5.26 Å². The van der Waals surface area contributed by atoms with E-state index in [-0.39, 0.29) is 24.3 Å². The lowest BCUT2D eigenvalue weighted by molar-refractivity contribution is -0.144. The van der Waals surface area contributed by atoms with E-state index in [4.69, 9.17) is 10.4 Å². The lowest BCUT2D eigenvalue weighted by Gasteiger charge is -2.28. The summed E-state index contributed by atoms with van der Waals surface area (Å²) in [5.41, 5.74) is 0. The van der Waals surface area contributed by atoms with Crippen molar-refractivity contribution in [3.63, 3.8) is 0 Å². The maximum absolute atomic E-state index is 11.4. The molecule has 19 heavy (non-hydrogen) atoms. The normalized spacial score (nSPS) is 22.5. The number of nitriles is 1. The van der Waals surface area contributed by atoms with Crippen molar-refractivity contribution in [1.82, 2.24) is 10.6 Å². The van der Waals surface area contributed by atoms with Crippen molar-refractivity contribution < 1.29 is 14.7 Å². The monoisotopic (exact) mass is 267 g/mol. The lowest BCUT2D eigenvalue weighted by atomic mass is 9.79. The van der Waals surface area contributed by atoms with Gasteiger partial charge in [0, 0.05) is 6.54 Å². The van der Waals surface area contributed by atoms with E-state index >= 15 is 0 Å². The van der Waals surface area contributed by atoms with Crippen molar-refractivity contribution in [2.75, 3.05) is 19.6 Å². The van der Waals surface area contributed by atoms with Crippen LogP contribution in [-0.4, -0.2) is 36.6 Å². The van der Waals surface area contributed by atoms with Gasteiger partial charge in [-0.25, -0.2) is 0 Å². The molecular formula is C13H21N3O3. The molecule has 1 rings (SSSR count). The van der Waals surface area contributed by atoms with Gasteiger partial charge in [-0.05, 0) is 25.3 Å². The first-order chi connectivity index (χ1) is 9.15. The van der Waals surface area contributed by atoms with Crippen molar-refractivity contribution in [2.24, 2.45) is 11.8 Å². The molecule has 3 N–H and O–H groups in total. The van der Waals surface area contributed by atoms with Crippen LogP contribution < -0.4 is 10.6 Å². The molecule has 1 aliphatic carbocycles. The minimum atomic E-state index is -0.732. The number of carboxylic acid groups (broad SMARTS) is 1. The Morgan fingerprint density at radius 3 is 2.74 bits per heavy atom. The summed E-state index contributed by atoms with van der Waals surface area (Å²) in [5, 5.41) is 23.1. The first kappa shape index (κ1) is 15.4. The molecule has 0 heterocycles. The Bertz CT molecular complexity index is 352. The SMILES string of the molecule is N#CCCNC(=O)CNCC1CCCCC1C(=O)O. The second kappa shape index (κ2) is 8.48. The topological polar surface area (TPSA) is 102 Å². The van der Waals surface area contributed by atoms with Crippen LogP contribution in [0.3, 0.4) is 0 Å². The van der Waals surface area contributed by atoms with Gasteiger partial charge in [0.15, 0.2) is 0 Å². The lowest BCUT2D eigenvalue weighted by Crippen LogP contribution is -2.39. The molecule has 0 aliphatic heterocycles. The van der Waals surface area contributed by atoms with Gasteiger partial charge in [-0.1, -0.05) is 12.8 Å². The summed E-state index contributed by atoms with van der Waals surface area (Å²) < 4.78 is 0. The minimum absolute atomic E-state index is 0.109. The summed E-state index contributed by atoms with van der Waals surface area (Å²) in [5.74, 6) is -1.07. The molecule has 0 aromatic carbocycles. The molecule has 2 unspecified atom stereocenters. The highest BCUT2D eigenvalue weighted by Gasteiger charge is 2.30. The Hall–Kier alpha value is -1.61. The van der Waals surface area contributed by atoms with Crippen molar-refractivity contribution in [2.45, 2.75) is 32.1 Å². The molecule has 0 saturated heterocycles. The molecule has 106 valence electrons. The molecule has 0 spiro atoms. The summed E-state index contributed by atoms with van der Waals surface area (Å²) in [4.78, 5) is 22.5. The van der Waals surface area contributed by atoms with Crippen LogP contribution >= 0.6 is 0 Å². The third-order valence-electron chi connectivity index (χ3n) is 3.48. The number of aliphatic carboxylic acids is 1. The third kappa shape index (κ3) is 5.71. The molecular weight excluding hydrogens is 246 g/mol. The van der Waals surface area contributed by atoms with Crippen molar-refractivity contribution >= 4 is 11.9 Å². The number of amides is 1. The highest BCUT2D eigenvalue weighted by molar-refractivity contribution is 5.78. The number of nitrogens with zero attached hydrogens (tertiary/aromatic N) is 1. The van der Waals surface area contributed by atoms with Gasteiger partial charge in [-0.3, -0.25) is 9.59 Å². The van der Waals surface area contributed by atoms with E-state index in [2.05, 4.69) is 10.6 Å². The molecule has 0 aromatic rings. The summed E-state index contributed by atoms with van der Waals surface area (Å²) in [6, 6.07) is 1.95. The molecule has 0 radical (unpaired) electrons. The molecule has 1 amide bonds. The van der Waals surface area contributed by atoms with E-state index in [1.54, 1.807) is 0 Å². The van der Waals surface area contributed by atoms with E-state index in [0.29, 0.717) is 19.5 Å². The molecule has 6 nitrogen and oxygen atoms in total. The van der Waals surface area contributed by atoms with Crippen molar-refractivity contribution in [3.8, 4) is 6.07 Å². The summed E-state index contributed by atoms with van der Waals surface area (Å²) >= 11 is 0. The number of nitrogens with one attached hydrogen (secondary N) is 2. The minimum Gasteiger partial charge on any atom is -0.481 e. The first-order valence-corrected chi connectivity index (χ1v) is 6.72. The summed E-state index contributed by atoms with van der Waals surface area (Å²) in [7, 11) is 0. The van der Waals surface area contributed by atoms with E-state index in [1.165, 1.54) is 0 Å². The quantitative estimate of drug-likeness (QED) is 0.583. The van der Waals surface area contributed by atoms with Crippen LogP contribution in [0.2, 0.25) is 0 Å². The van der Waals surface area contributed by atoms with Gasteiger partial charge in [0.1, 0.15) is 0 Å². The molecule has 1 fully saturated rings. The average molecular weight is 267 g/mol. The standard InChI is InChI=1S/C13H21N3O3/c14-6-3-7-16-12(17)9-15-8-10-4-1-2-5-11(10)13(18)19/h10-11,15H,1-5,7-9H2,(H,16,17)(H,18,19). The largest absolute Gasteiger partial charge is 0.481 e. The van der Waals surface area contributed by atoms with Gasteiger partial charge < -0.3 is 15.7 Å². The van der Waals surface area contributed by atoms with Gasteiger partial charge in [0.2, 0.25) is 5.91 Å². The van der Waals surface area contributed by atoms with Gasteiger partial charge in [-0.2, -0.15) is 5.26 Å². The fraction of sp³-hybridized carbons (Fsp3) is 0.769. The second-order valence-electron chi connectivity index (χ2n) is 4.88. The van der Waals surface area contributed by atoms with Crippen LogP contribution in [0, 0.1) is 23.2 Å². The van der Waals surface area contributed by atoms with Crippen LogP contribution in [0.1, 0.15) is 32.1 Å². The number of rotatable bonds is 7. The predicted molar refractivity (Wildman–Crippen MR) is 69.2 cm³/mol. The van der Waals surface area contributed by atoms with Gasteiger partial charge >= 0.3 is 5.97 Å². The number of hydrogen-bond donors (Lipinski definition) is 3. The summed E-state index contributed by atoms with van der Waals surface area (Å²) in [6.07, 6.45) is 3.97. The predicted octanol–water partition coefficient (Wildman–Crippen LogP) is 0.497. The number of hydrogen-bond acceptors (Lipinski definition) is 4. The number of carboxylic acids is 1. The zero-order valence-electron chi connectivity index (χ0n) is 11.0. The highest BCUT2D eigenvalue weighted by Crippen LogP contribution is 2.29. The van der Waals surface area contributed by atoms with E-state index in [0.717, 1.165) is 25.7 Å². The van der Waals surface area contributed by atoms with Crippen LogP contribution in [0.15, 0.2) is 0 Å². The Kier molecular flexibility index (Phi) is 6.90. The maximum Gasteiger partial charge on any atom is 0.306 e. The van der Waals surface area contributed by atoms with E-state index < -0.39 is 5.97 Å². The molecule has 1 aliphatic rings. The molecule has 0 aromatic heterocycles. The smallest absolute Gasteiger partial charge is 0.306 e. The third-order valence-corrected chi connectivity index (χ3v) is 3.48. The van der Waals surface area contributed by atoms with Crippen molar-refractivity contribution in [3.05, 3.63) is 0 Å². The summed E-state index contributed by atoms with van der Waals surface area (Å²) in [6.45, 7) is 1.09. The number of carbonyl (C=O) groups excluding carboxylic acids is 1. The average Bonchev–Trinajstić information content (AvgIpc) is 2.39. The highest BCUT2D eigenvalue weighted by atomic mass is 16.4. The van der Waals surface area contributed by atoms with Gasteiger partial charge in [-0.15, -0.1) is 0 Å². The Balaban J connectivity index is 2.22. The number of carbonyl (C=O) groups is 2. The first-order valence-electron chi connectivity index (χ1n) is 6.72. The molecule has 2 atom stereocenters. The maximum atomic E-state index is 11.4. The van der Waals surface area contributed by atoms with E-state index in [1.807, 2.05) is 6.07 Å². The van der Waals surface area contributed by atoms with E-state index in [9.17, 15) is 9.59 Å². The van der Waals surface area contributed by atoms with Crippen LogP contribution in [-0.2, 0) is 9.59 Å². The molecule has 1 saturated carbocycles. The zero-order valence-corrected chi connectivity index (χ0v) is 11.0. The molecule has 0 bridgehead atoms. The Labute approximate surface area is 113 Å². The Morgan fingerprint density at radius 1 is 1.32 bits per heavy atom. The van der Waals surface area contributed by atoms with Gasteiger partial charge in [0.25, 0.3) is 0 Å². The second-order valence-corrected chi connectivity index (χ2v) is 4.88. The Morgan fingerprint density at radius 2 is 2.05 bits per heavy atom. The van der Waals surface area contributed by atoms with Crippen LogP contribution in [0.5, 0.6) is 0 Å². The van der Waals surface area contributed by atoms with Gasteiger partial charge in [0.05, 0.1) is 25.0 Å². The van der Waals surface area contributed by atoms with Crippen LogP contribution in [0.4, 0.5) is 0 Å².